The average Bonchev–Trinajstić information content (AvgIpc) is 2.68. The molecule has 2 aromatic rings. The summed E-state index contributed by atoms with van der Waals surface area (Å²) in [5, 5.41) is 0. The van der Waals surface area contributed by atoms with Crippen LogP contribution in [0.1, 0.15) is 33.7 Å². The van der Waals surface area contributed by atoms with Gasteiger partial charge in [-0.3, -0.25) is 4.40 Å². The number of esters is 1. The zero-order valence-electron chi connectivity index (χ0n) is 9.83. The van der Waals surface area contributed by atoms with E-state index in [0.29, 0.717) is 12.3 Å². The lowest BCUT2D eigenvalue weighted by atomic mass is 10.3. The molecular weight excluding hydrogens is 224 g/mol. The Balaban J connectivity index is 2.58. The van der Waals surface area contributed by atoms with Crippen molar-refractivity contribution in [3.05, 3.63) is 22.0 Å². The van der Waals surface area contributed by atoms with Crippen LogP contribution in [0.3, 0.4) is 0 Å². The zero-order chi connectivity index (χ0) is 11.9. The third-order valence-electron chi connectivity index (χ3n) is 2.63. The summed E-state index contributed by atoms with van der Waals surface area (Å²) in [4.78, 5) is 18.0. The van der Waals surface area contributed by atoms with Gasteiger partial charge >= 0.3 is 5.97 Å². The molecule has 0 aliphatic carbocycles. The zero-order valence-corrected chi connectivity index (χ0v) is 10.6. The third kappa shape index (κ3) is 1.51. The monoisotopic (exact) mass is 238 g/mol. The lowest BCUT2D eigenvalue weighted by Crippen LogP contribution is -2.07. The first-order valence-corrected chi connectivity index (χ1v) is 6.00. The highest BCUT2D eigenvalue weighted by atomic mass is 32.1. The van der Waals surface area contributed by atoms with Crippen molar-refractivity contribution in [2.75, 3.05) is 6.61 Å². The molecule has 0 unspecified atom stereocenters. The van der Waals surface area contributed by atoms with Crippen molar-refractivity contribution < 1.29 is 9.53 Å². The van der Waals surface area contributed by atoms with Gasteiger partial charge in [-0.05, 0) is 27.7 Å². The molecule has 2 aromatic heterocycles. The van der Waals surface area contributed by atoms with E-state index in [4.69, 9.17) is 4.74 Å². The maximum atomic E-state index is 11.6. The van der Waals surface area contributed by atoms with Crippen LogP contribution >= 0.6 is 11.3 Å². The van der Waals surface area contributed by atoms with Crippen LogP contribution < -0.4 is 0 Å². The largest absolute Gasteiger partial charge is 0.461 e. The fourth-order valence-corrected chi connectivity index (χ4v) is 2.72. The summed E-state index contributed by atoms with van der Waals surface area (Å²) in [6, 6.07) is 0. The van der Waals surface area contributed by atoms with E-state index >= 15 is 0 Å². The number of rotatable bonds is 2. The molecule has 0 atom stereocenters. The first kappa shape index (κ1) is 11.1. The fourth-order valence-electron chi connectivity index (χ4n) is 1.70. The maximum Gasteiger partial charge on any atom is 0.358 e. The molecule has 2 rings (SSSR count). The molecule has 0 N–H and O–H groups in total. The molecule has 16 heavy (non-hydrogen) atoms. The minimum Gasteiger partial charge on any atom is -0.461 e. The lowest BCUT2D eigenvalue weighted by Gasteiger charge is -2.00. The van der Waals surface area contributed by atoms with Crippen LogP contribution in [0.4, 0.5) is 0 Å². The molecule has 0 bridgehead atoms. The quantitative estimate of drug-likeness (QED) is 0.755. The van der Waals surface area contributed by atoms with Crippen LogP contribution in [0.15, 0.2) is 0 Å². The van der Waals surface area contributed by atoms with Crippen LogP contribution in [0.25, 0.3) is 4.96 Å². The van der Waals surface area contributed by atoms with E-state index in [-0.39, 0.29) is 5.97 Å². The van der Waals surface area contributed by atoms with E-state index in [9.17, 15) is 4.79 Å². The minimum absolute atomic E-state index is 0.340. The summed E-state index contributed by atoms with van der Waals surface area (Å²) in [6.07, 6.45) is 0. The van der Waals surface area contributed by atoms with Gasteiger partial charge in [-0.15, -0.1) is 11.3 Å². The van der Waals surface area contributed by atoms with Crippen molar-refractivity contribution in [2.24, 2.45) is 0 Å². The summed E-state index contributed by atoms with van der Waals surface area (Å²) in [5.41, 5.74) is 2.42. The second kappa shape index (κ2) is 3.90. The predicted molar refractivity (Wildman–Crippen MR) is 63.2 cm³/mol. The number of fused-ring (bicyclic) bond motifs is 1. The van der Waals surface area contributed by atoms with E-state index in [1.54, 1.807) is 18.3 Å². The van der Waals surface area contributed by atoms with Gasteiger partial charge < -0.3 is 4.74 Å². The summed E-state index contributed by atoms with van der Waals surface area (Å²) in [5.74, 6) is -0.340. The Morgan fingerprint density at radius 1 is 1.38 bits per heavy atom. The number of nitrogens with zero attached hydrogens (tertiary/aromatic N) is 2. The summed E-state index contributed by atoms with van der Waals surface area (Å²) < 4.78 is 6.97. The molecule has 0 aromatic carbocycles. The topological polar surface area (TPSA) is 43.6 Å². The minimum atomic E-state index is -0.340. The number of ether oxygens (including phenoxy) is 1. The van der Waals surface area contributed by atoms with Crippen molar-refractivity contribution >= 4 is 22.3 Å². The maximum absolute atomic E-state index is 11.6. The normalized spacial score (nSPS) is 11.0. The van der Waals surface area contributed by atoms with Crippen LogP contribution in [0.2, 0.25) is 0 Å². The highest BCUT2D eigenvalue weighted by Gasteiger charge is 2.19. The Morgan fingerprint density at radius 3 is 2.62 bits per heavy atom. The molecule has 2 heterocycles. The average molecular weight is 238 g/mol. The van der Waals surface area contributed by atoms with Crippen molar-refractivity contribution in [2.45, 2.75) is 27.7 Å². The summed E-state index contributed by atoms with van der Waals surface area (Å²) >= 11 is 1.59. The third-order valence-corrected chi connectivity index (χ3v) is 3.69. The molecule has 4 nitrogen and oxygen atoms in total. The number of hydrogen-bond donors (Lipinski definition) is 0. The second-order valence-corrected chi connectivity index (χ2v) is 4.81. The number of imidazole rings is 1. The van der Waals surface area contributed by atoms with Gasteiger partial charge in [0.2, 0.25) is 0 Å². The number of carbonyl (C=O) groups excluding carboxylic acids is 1. The van der Waals surface area contributed by atoms with Crippen LogP contribution in [-0.2, 0) is 4.74 Å². The molecular formula is C11H14N2O2S. The van der Waals surface area contributed by atoms with Crippen molar-refractivity contribution in [3.8, 4) is 0 Å². The number of aromatic nitrogens is 2. The van der Waals surface area contributed by atoms with Gasteiger partial charge in [0.1, 0.15) is 0 Å². The van der Waals surface area contributed by atoms with Crippen LogP contribution in [0, 0.1) is 20.8 Å². The highest BCUT2D eigenvalue weighted by Crippen LogP contribution is 2.25. The van der Waals surface area contributed by atoms with Gasteiger partial charge in [-0.25, -0.2) is 9.78 Å². The number of aryl methyl sites for hydroxylation is 3. The van der Waals surface area contributed by atoms with Crippen LogP contribution in [-0.4, -0.2) is 22.0 Å². The van der Waals surface area contributed by atoms with Gasteiger partial charge in [0, 0.05) is 10.6 Å². The van der Waals surface area contributed by atoms with E-state index in [1.807, 2.05) is 18.2 Å². The smallest absolute Gasteiger partial charge is 0.358 e. The van der Waals surface area contributed by atoms with Crippen molar-refractivity contribution in [3.63, 3.8) is 0 Å². The first-order chi connectivity index (χ1) is 7.56. The first-order valence-electron chi connectivity index (χ1n) is 5.18. The van der Waals surface area contributed by atoms with E-state index in [0.717, 1.165) is 16.3 Å². The summed E-state index contributed by atoms with van der Waals surface area (Å²) in [6.45, 7) is 8.15. The highest BCUT2D eigenvalue weighted by molar-refractivity contribution is 7.17. The lowest BCUT2D eigenvalue weighted by molar-refractivity contribution is 0.0519. The van der Waals surface area contributed by atoms with Gasteiger partial charge in [0.15, 0.2) is 10.7 Å². The van der Waals surface area contributed by atoms with Crippen LogP contribution in [0.5, 0.6) is 0 Å². The molecule has 0 aliphatic rings. The Morgan fingerprint density at radius 2 is 2.06 bits per heavy atom. The van der Waals surface area contributed by atoms with E-state index < -0.39 is 0 Å². The fraction of sp³-hybridized carbons (Fsp3) is 0.455. The standard InChI is InChI=1S/C11H14N2O2S/c1-5-15-10(14)9-7(3)13-6(2)8(4)16-11(13)12-9/h5H2,1-4H3. The molecule has 0 aliphatic heterocycles. The SMILES string of the molecule is CCOC(=O)c1nc2sc(C)c(C)n2c1C. The van der Waals surface area contributed by atoms with Gasteiger partial charge in [-0.1, -0.05) is 0 Å². The molecule has 86 valence electrons. The molecule has 0 saturated heterocycles. The molecule has 0 amide bonds. The predicted octanol–water partition coefficient (Wildman–Crippen LogP) is 2.50. The van der Waals surface area contributed by atoms with Gasteiger partial charge in [-0.2, -0.15) is 0 Å². The number of hydrogen-bond acceptors (Lipinski definition) is 4. The van der Waals surface area contributed by atoms with E-state index in [2.05, 4.69) is 11.9 Å². The molecule has 0 radical (unpaired) electrons. The Labute approximate surface area is 97.9 Å². The van der Waals surface area contributed by atoms with E-state index in [1.165, 1.54) is 4.88 Å². The molecule has 0 spiro atoms. The second-order valence-electron chi connectivity index (χ2n) is 3.63. The number of thiazole rings is 1. The van der Waals surface area contributed by atoms with Crippen molar-refractivity contribution in [1.29, 1.82) is 0 Å². The Bertz CT molecular complexity index is 554. The molecule has 0 fully saturated rings. The Kier molecular flexibility index (Phi) is 2.71. The molecule has 5 heteroatoms. The summed E-state index contributed by atoms with van der Waals surface area (Å²) in [7, 11) is 0. The molecule has 0 saturated carbocycles. The number of carbonyl (C=O) groups is 1. The van der Waals surface area contributed by atoms with Gasteiger partial charge in [0.05, 0.1) is 12.3 Å². The van der Waals surface area contributed by atoms with Gasteiger partial charge in [0.25, 0.3) is 0 Å². The van der Waals surface area contributed by atoms with Crippen molar-refractivity contribution in [1.82, 2.24) is 9.38 Å². The Hall–Kier alpha value is -1.36.